The first-order chi connectivity index (χ1) is 15.0. The minimum atomic E-state index is -1.28. The summed E-state index contributed by atoms with van der Waals surface area (Å²) in [4.78, 5) is 21.6. The molecule has 5 nitrogen and oxygen atoms in total. The van der Waals surface area contributed by atoms with Crippen LogP contribution < -0.4 is 10.2 Å². The molecule has 1 fully saturated rings. The Labute approximate surface area is 177 Å². The van der Waals surface area contributed by atoms with E-state index in [1.54, 1.807) is 18.2 Å². The quantitative estimate of drug-likeness (QED) is 0.585. The lowest BCUT2D eigenvalue weighted by Gasteiger charge is -2.31. The van der Waals surface area contributed by atoms with Crippen molar-refractivity contribution in [3.63, 3.8) is 0 Å². The van der Waals surface area contributed by atoms with Crippen LogP contribution in [0.25, 0.3) is 11.0 Å². The summed E-state index contributed by atoms with van der Waals surface area (Å²) < 4.78 is 43.0. The normalized spacial score (nSPS) is 19.8. The molecule has 8 heteroatoms. The molecule has 1 atom stereocenters. The summed E-state index contributed by atoms with van der Waals surface area (Å²) in [6.45, 7) is 0. The van der Waals surface area contributed by atoms with E-state index in [-0.39, 0.29) is 17.5 Å². The molecule has 5 rings (SSSR count). The number of halogens is 3. The van der Waals surface area contributed by atoms with Gasteiger partial charge in [0.05, 0.1) is 17.4 Å². The lowest BCUT2D eigenvalue weighted by Crippen LogP contribution is -2.36. The van der Waals surface area contributed by atoms with Crippen molar-refractivity contribution in [3.8, 4) is 0 Å². The van der Waals surface area contributed by atoms with E-state index >= 15 is 0 Å². The number of aromatic amines is 1. The van der Waals surface area contributed by atoms with E-state index in [9.17, 15) is 18.0 Å². The Morgan fingerprint density at radius 2 is 1.87 bits per heavy atom. The second-order valence-corrected chi connectivity index (χ2v) is 8.08. The first-order valence-corrected chi connectivity index (χ1v) is 10.4. The molecule has 2 aliphatic rings. The van der Waals surface area contributed by atoms with Crippen LogP contribution in [0.1, 0.15) is 43.7 Å². The fourth-order valence-electron chi connectivity index (χ4n) is 4.58. The molecule has 1 aliphatic carbocycles. The molecule has 1 saturated carbocycles. The van der Waals surface area contributed by atoms with Crippen LogP contribution in [0.2, 0.25) is 0 Å². The molecule has 1 aromatic heterocycles. The number of amides is 1. The van der Waals surface area contributed by atoms with E-state index < -0.39 is 23.5 Å². The maximum Gasteiger partial charge on any atom is 0.253 e. The lowest BCUT2D eigenvalue weighted by molar-refractivity contribution is -0.113. The molecule has 160 valence electrons. The topological polar surface area (TPSA) is 61.0 Å². The number of carbonyl (C=O) groups excluding carboxylic acids is 1. The molecule has 0 radical (unpaired) electrons. The first kappa shape index (κ1) is 19.7. The van der Waals surface area contributed by atoms with Crippen molar-refractivity contribution in [3.05, 3.63) is 71.4 Å². The van der Waals surface area contributed by atoms with Gasteiger partial charge in [0, 0.05) is 35.1 Å². The summed E-state index contributed by atoms with van der Waals surface area (Å²) in [7, 11) is 0. The number of carbonyl (C=O) groups is 1. The zero-order valence-corrected chi connectivity index (χ0v) is 16.7. The van der Waals surface area contributed by atoms with Crippen molar-refractivity contribution < 1.29 is 18.0 Å². The van der Waals surface area contributed by atoms with Gasteiger partial charge in [0.1, 0.15) is 11.9 Å². The summed E-state index contributed by atoms with van der Waals surface area (Å²) in [6.07, 6.45) is 8.07. The van der Waals surface area contributed by atoms with Crippen LogP contribution in [-0.4, -0.2) is 21.9 Å². The van der Waals surface area contributed by atoms with Gasteiger partial charge in [-0.25, -0.2) is 18.2 Å². The number of nitrogens with one attached hydrogen (secondary N) is 2. The summed E-state index contributed by atoms with van der Waals surface area (Å²) >= 11 is 0. The molecule has 0 bridgehead atoms. The average Bonchev–Trinajstić information content (AvgIpc) is 3.34. The van der Waals surface area contributed by atoms with Crippen molar-refractivity contribution in [2.75, 3.05) is 4.90 Å². The van der Waals surface area contributed by atoms with Gasteiger partial charge < -0.3 is 10.3 Å². The monoisotopic (exact) mass is 426 g/mol. The van der Waals surface area contributed by atoms with Crippen LogP contribution in [0, 0.1) is 17.5 Å². The van der Waals surface area contributed by atoms with E-state index in [1.165, 1.54) is 17.3 Å². The van der Waals surface area contributed by atoms with Crippen molar-refractivity contribution in [1.82, 2.24) is 15.3 Å². The van der Waals surface area contributed by atoms with Gasteiger partial charge >= 0.3 is 0 Å². The van der Waals surface area contributed by atoms with E-state index in [4.69, 9.17) is 0 Å². The van der Waals surface area contributed by atoms with Crippen LogP contribution in [0.4, 0.5) is 18.9 Å². The highest BCUT2D eigenvalue weighted by atomic mass is 19.2. The third kappa shape index (κ3) is 3.56. The SMILES string of the molecule is O=C1C=C(NC2CCCCC2)C(c2cc(F)cc(F)c2F)N1c1ccc2nc[nH]c2c1. The predicted octanol–water partition coefficient (Wildman–Crippen LogP) is 4.87. The van der Waals surface area contributed by atoms with Gasteiger partial charge in [-0.05, 0) is 37.1 Å². The van der Waals surface area contributed by atoms with E-state index in [0.29, 0.717) is 28.5 Å². The Morgan fingerprint density at radius 1 is 1.06 bits per heavy atom. The molecule has 0 saturated heterocycles. The van der Waals surface area contributed by atoms with Crippen molar-refractivity contribution in [2.45, 2.75) is 44.2 Å². The highest BCUT2D eigenvalue weighted by Crippen LogP contribution is 2.40. The molecule has 2 aromatic carbocycles. The maximum absolute atomic E-state index is 14.9. The Morgan fingerprint density at radius 3 is 2.68 bits per heavy atom. The molecule has 1 amide bonds. The third-order valence-electron chi connectivity index (χ3n) is 6.04. The van der Waals surface area contributed by atoms with E-state index in [1.807, 2.05) is 0 Å². The molecular weight excluding hydrogens is 405 g/mol. The third-order valence-corrected chi connectivity index (χ3v) is 6.04. The molecule has 1 unspecified atom stereocenters. The molecule has 0 spiro atoms. The summed E-state index contributed by atoms with van der Waals surface area (Å²) in [5, 5.41) is 3.36. The van der Waals surface area contributed by atoms with Gasteiger partial charge in [-0.15, -0.1) is 0 Å². The van der Waals surface area contributed by atoms with Crippen LogP contribution in [-0.2, 0) is 4.79 Å². The van der Waals surface area contributed by atoms with Gasteiger partial charge in [-0.1, -0.05) is 19.3 Å². The van der Waals surface area contributed by atoms with Crippen LogP contribution in [0.5, 0.6) is 0 Å². The number of fused-ring (bicyclic) bond motifs is 1. The highest BCUT2D eigenvalue weighted by Gasteiger charge is 2.39. The number of imidazole rings is 1. The molecule has 31 heavy (non-hydrogen) atoms. The first-order valence-electron chi connectivity index (χ1n) is 10.4. The van der Waals surface area contributed by atoms with Crippen molar-refractivity contribution in [2.24, 2.45) is 0 Å². The van der Waals surface area contributed by atoms with Gasteiger partial charge in [0.15, 0.2) is 11.6 Å². The predicted molar refractivity (Wildman–Crippen MR) is 111 cm³/mol. The number of rotatable bonds is 4. The molecular formula is C23H21F3N4O. The number of aromatic nitrogens is 2. The minimum absolute atomic E-state index is 0.131. The van der Waals surface area contributed by atoms with Gasteiger partial charge in [-0.2, -0.15) is 0 Å². The second kappa shape index (κ2) is 7.76. The molecule has 2 N–H and O–H groups in total. The maximum atomic E-state index is 14.9. The average molecular weight is 426 g/mol. The molecule has 2 heterocycles. The smallest absolute Gasteiger partial charge is 0.253 e. The summed E-state index contributed by atoms with van der Waals surface area (Å²) in [5.41, 5.74) is 2.12. The van der Waals surface area contributed by atoms with E-state index in [0.717, 1.165) is 38.2 Å². The van der Waals surface area contributed by atoms with Gasteiger partial charge in [0.25, 0.3) is 5.91 Å². The minimum Gasteiger partial charge on any atom is -0.383 e. The van der Waals surface area contributed by atoms with Crippen LogP contribution in [0.15, 0.2) is 48.4 Å². The zero-order chi connectivity index (χ0) is 21.5. The Hall–Kier alpha value is -3.29. The Kier molecular flexibility index (Phi) is 4.92. The standard InChI is InChI=1S/C23H21F3N4O/c24-13-8-16(22(26)17(25)9-13)23-20(29-14-4-2-1-3-5-14)11-21(31)30(23)15-6-7-18-19(10-15)28-12-27-18/h6-12,14,23,29H,1-5H2,(H,27,28). The fraction of sp³-hybridized carbons (Fsp3) is 0.304. The van der Waals surface area contributed by atoms with E-state index in [2.05, 4.69) is 15.3 Å². The zero-order valence-electron chi connectivity index (χ0n) is 16.7. The lowest BCUT2D eigenvalue weighted by atomic mass is 9.94. The number of benzene rings is 2. The van der Waals surface area contributed by atoms with Crippen LogP contribution >= 0.6 is 0 Å². The number of anilines is 1. The Balaban J connectivity index is 1.60. The second-order valence-electron chi connectivity index (χ2n) is 8.08. The fourth-order valence-corrected chi connectivity index (χ4v) is 4.58. The Bertz CT molecular complexity index is 1180. The van der Waals surface area contributed by atoms with Crippen molar-refractivity contribution >= 4 is 22.6 Å². The largest absolute Gasteiger partial charge is 0.383 e. The van der Waals surface area contributed by atoms with Gasteiger partial charge in [0.2, 0.25) is 0 Å². The number of hydrogen-bond donors (Lipinski definition) is 2. The number of nitrogens with zero attached hydrogens (tertiary/aromatic N) is 2. The van der Waals surface area contributed by atoms with Gasteiger partial charge in [-0.3, -0.25) is 9.69 Å². The van der Waals surface area contributed by atoms with Crippen molar-refractivity contribution in [1.29, 1.82) is 0 Å². The van der Waals surface area contributed by atoms with Crippen LogP contribution in [0.3, 0.4) is 0 Å². The molecule has 3 aromatic rings. The highest BCUT2D eigenvalue weighted by molar-refractivity contribution is 6.06. The molecule has 1 aliphatic heterocycles. The number of hydrogen-bond acceptors (Lipinski definition) is 3. The number of H-pyrrole nitrogens is 1. The summed E-state index contributed by atoms with van der Waals surface area (Å²) in [5.74, 6) is -3.72. The summed E-state index contributed by atoms with van der Waals surface area (Å²) in [6, 6.07) is 5.75.